The maximum Gasteiger partial charge on any atom is 0.161 e. The zero-order valence-electron chi connectivity index (χ0n) is 10.6. The maximum absolute atomic E-state index is 11.7. The summed E-state index contributed by atoms with van der Waals surface area (Å²) in [6.07, 6.45) is 0. The van der Waals surface area contributed by atoms with E-state index in [-0.39, 0.29) is 12.4 Å². The molecule has 4 nitrogen and oxygen atoms in total. The Balaban J connectivity index is 3.05. The number of ketones is 1. The standard InChI is InChI=1S/C13H18BrNO3/c1-10(17)12-9-11(14)3-4-13(12)15(5-7-16)6-8-18-2/h3-4,9,16H,5-8H2,1-2H3. The van der Waals surface area contributed by atoms with E-state index in [1.54, 1.807) is 20.1 Å². The van der Waals surface area contributed by atoms with E-state index in [2.05, 4.69) is 15.9 Å². The first kappa shape index (κ1) is 15.1. The second-order valence-electron chi connectivity index (χ2n) is 3.92. The molecule has 0 aliphatic rings. The number of rotatable bonds is 7. The van der Waals surface area contributed by atoms with Crippen LogP contribution in [-0.4, -0.2) is 44.3 Å². The normalized spacial score (nSPS) is 10.4. The Labute approximate surface area is 116 Å². The van der Waals surface area contributed by atoms with Crippen LogP contribution in [0.5, 0.6) is 0 Å². The average Bonchev–Trinajstić information content (AvgIpc) is 2.34. The van der Waals surface area contributed by atoms with E-state index in [9.17, 15) is 4.79 Å². The van der Waals surface area contributed by atoms with Crippen molar-refractivity contribution in [3.8, 4) is 0 Å². The second kappa shape index (κ2) is 7.51. The summed E-state index contributed by atoms with van der Waals surface area (Å²) in [6, 6.07) is 5.57. The Bertz CT molecular complexity index is 409. The first-order valence-electron chi connectivity index (χ1n) is 5.75. The molecule has 1 N–H and O–H groups in total. The van der Waals surface area contributed by atoms with Crippen molar-refractivity contribution in [2.24, 2.45) is 0 Å². The highest BCUT2D eigenvalue weighted by Crippen LogP contribution is 2.25. The quantitative estimate of drug-likeness (QED) is 0.783. The van der Waals surface area contributed by atoms with Gasteiger partial charge in [0.25, 0.3) is 0 Å². The fraction of sp³-hybridized carbons (Fsp3) is 0.462. The lowest BCUT2D eigenvalue weighted by Crippen LogP contribution is -2.31. The third kappa shape index (κ3) is 4.08. The van der Waals surface area contributed by atoms with Crippen LogP contribution in [0.2, 0.25) is 0 Å². The number of benzene rings is 1. The van der Waals surface area contributed by atoms with Crippen LogP contribution in [0.1, 0.15) is 17.3 Å². The van der Waals surface area contributed by atoms with Gasteiger partial charge in [-0.3, -0.25) is 4.79 Å². The largest absolute Gasteiger partial charge is 0.395 e. The molecule has 18 heavy (non-hydrogen) atoms. The molecule has 0 amide bonds. The van der Waals surface area contributed by atoms with Crippen LogP contribution in [-0.2, 0) is 4.74 Å². The van der Waals surface area contributed by atoms with E-state index < -0.39 is 0 Å². The minimum Gasteiger partial charge on any atom is -0.395 e. The number of ether oxygens (including phenoxy) is 1. The van der Waals surface area contributed by atoms with Gasteiger partial charge in [-0.15, -0.1) is 0 Å². The summed E-state index contributed by atoms with van der Waals surface area (Å²) in [5, 5.41) is 9.10. The highest BCUT2D eigenvalue weighted by atomic mass is 79.9. The van der Waals surface area contributed by atoms with Crippen LogP contribution in [0.3, 0.4) is 0 Å². The number of Topliss-reactive ketones (excluding diaryl/α,β-unsaturated/α-hetero) is 1. The van der Waals surface area contributed by atoms with Crippen molar-refractivity contribution in [3.05, 3.63) is 28.2 Å². The summed E-state index contributed by atoms with van der Waals surface area (Å²) in [7, 11) is 1.63. The monoisotopic (exact) mass is 315 g/mol. The fourth-order valence-corrected chi connectivity index (χ4v) is 2.10. The number of nitrogens with zero attached hydrogens (tertiary/aromatic N) is 1. The molecule has 0 bridgehead atoms. The molecule has 0 aliphatic heterocycles. The first-order valence-corrected chi connectivity index (χ1v) is 6.54. The van der Waals surface area contributed by atoms with Crippen LogP contribution in [0.4, 0.5) is 5.69 Å². The molecule has 0 fully saturated rings. The van der Waals surface area contributed by atoms with E-state index in [0.717, 1.165) is 10.2 Å². The zero-order chi connectivity index (χ0) is 13.5. The molecule has 1 aromatic carbocycles. The molecular formula is C13H18BrNO3. The summed E-state index contributed by atoms with van der Waals surface area (Å²) in [4.78, 5) is 13.6. The Morgan fingerprint density at radius 3 is 2.72 bits per heavy atom. The number of aliphatic hydroxyl groups is 1. The number of anilines is 1. The van der Waals surface area contributed by atoms with Crippen LogP contribution >= 0.6 is 15.9 Å². The molecule has 5 heteroatoms. The van der Waals surface area contributed by atoms with Crippen LogP contribution < -0.4 is 4.90 Å². The van der Waals surface area contributed by atoms with E-state index >= 15 is 0 Å². The van der Waals surface area contributed by atoms with Gasteiger partial charge in [-0.1, -0.05) is 15.9 Å². The summed E-state index contributed by atoms with van der Waals surface area (Å²) in [6.45, 7) is 3.24. The van der Waals surface area contributed by atoms with Crippen molar-refractivity contribution in [3.63, 3.8) is 0 Å². The lowest BCUT2D eigenvalue weighted by atomic mass is 10.1. The van der Waals surface area contributed by atoms with Crippen molar-refractivity contribution in [2.45, 2.75) is 6.92 Å². The van der Waals surface area contributed by atoms with Gasteiger partial charge < -0.3 is 14.7 Å². The van der Waals surface area contributed by atoms with Crippen molar-refractivity contribution in [2.75, 3.05) is 38.3 Å². The van der Waals surface area contributed by atoms with Gasteiger partial charge in [-0.2, -0.15) is 0 Å². The van der Waals surface area contributed by atoms with E-state index in [1.807, 2.05) is 17.0 Å². The van der Waals surface area contributed by atoms with Gasteiger partial charge in [0.2, 0.25) is 0 Å². The van der Waals surface area contributed by atoms with Gasteiger partial charge in [0.05, 0.1) is 13.2 Å². The minimum absolute atomic E-state index is 0.00616. The highest BCUT2D eigenvalue weighted by Gasteiger charge is 2.14. The molecule has 0 saturated carbocycles. The van der Waals surface area contributed by atoms with Crippen molar-refractivity contribution >= 4 is 27.4 Å². The molecule has 0 atom stereocenters. The van der Waals surface area contributed by atoms with Crippen LogP contribution in [0.25, 0.3) is 0 Å². The van der Waals surface area contributed by atoms with Crippen LogP contribution in [0.15, 0.2) is 22.7 Å². The molecule has 0 radical (unpaired) electrons. The Morgan fingerprint density at radius 1 is 1.44 bits per heavy atom. The number of methoxy groups -OCH3 is 1. The number of aliphatic hydroxyl groups excluding tert-OH is 1. The fourth-order valence-electron chi connectivity index (χ4n) is 1.74. The van der Waals surface area contributed by atoms with E-state index in [4.69, 9.17) is 9.84 Å². The van der Waals surface area contributed by atoms with Gasteiger partial charge >= 0.3 is 0 Å². The van der Waals surface area contributed by atoms with Crippen molar-refractivity contribution < 1.29 is 14.6 Å². The summed E-state index contributed by atoms with van der Waals surface area (Å²) < 4.78 is 5.91. The summed E-state index contributed by atoms with van der Waals surface area (Å²) >= 11 is 3.36. The molecule has 0 aliphatic carbocycles. The van der Waals surface area contributed by atoms with Gasteiger partial charge in [0.1, 0.15) is 0 Å². The topological polar surface area (TPSA) is 49.8 Å². The molecule has 0 saturated heterocycles. The van der Waals surface area contributed by atoms with E-state index in [1.165, 1.54) is 0 Å². The van der Waals surface area contributed by atoms with Crippen molar-refractivity contribution in [1.29, 1.82) is 0 Å². The smallest absolute Gasteiger partial charge is 0.161 e. The molecule has 100 valence electrons. The molecule has 1 rings (SSSR count). The van der Waals surface area contributed by atoms with Crippen LogP contribution in [0, 0.1) is 0 Å². The molecular weight excluding hydrogens is 298 g/mol. The first-order chi connectivity index (χ1) is 8.60. The molecule has 1 aromatic rings. The summed E-state index contributed by atoms with van der Waals surface area (Å²) in [5.74, 6) is 0.00616. The number of halogens is 1. The predicted molar refractivity (Wildman–Crippen MR) is 75.3 cm³/mol. The molecule has 0 aromatic heterocycles. The predicted octanol–water partition coefficient (Wildman–Crippen LogP) is 2.10. The minimum atomic E-state index is 0.00616. The maximum atomic E-state index is 11.7. The van der Waals surface area contributed by atoms with Gasteiger partial charge in [0, 0.05) is 35.9 Å². The number of carbonyl (C=O) groups is 1. The molecule has 0 heterocycles. The number of carbonyl (C=O) groups excluding carboxylic acids is 1. The Morgan fingerprint density at radius 2 is 2.17 bits per heavy atom. The lowest BCUT2D eigenvalue weighted by molar-refractivity contribution is 0.101. The lowest BCUT2D eigenvalue weighted by Gasteiger charge is -2.25. The Hall–Kier alpha value is -0.910. The van der Waals surface area contributed by atoms with Crippen molar-refractivity contribution in [1.82, 2.24) is 0 Å². The third-order valence-electron chi connectivity index (χ3n) is 2.61. The number of hydrogen-bond donors (Lipinski definition) is 1. The van der Waals surface area contributed by atoms with Gasteiger partial charge in [-0.25, -0.2) is 0 Å². The zero-order valence-corrected chi connectivity index (χ0v) is 12.2. The third-order valence-corrected chi connectivity index (χ3v) is 3.11. The highest BCUT2D eigenvalue weighted by molar-refractivity contribution is 9.10. The number of hydrogen-bond acceptors (Lipinski definition) is 4. The van der Waals surface area contributed by atoms with Gasteiger partial charge in [-0.05, 0) is 25.1 Å². The Kier molecular flexibility index (Phi) is 6.32. The molecule has 0 unspecified atom stereocenters. The second-order valence-corrected chi connectivity index (χ2v) is 4.84. The average molecular weight is 316 g/mol. The van der Waals surface area contributed by atoms with E-state index in [0.29, 0.717) is 25.3 Å². The van der Waals surface area contributed by atoms with Gasteiger partial charge in [0.15, 0.2) is 5.78 Å². The SMILES string of the molecule is COCCN(CCO)c1ccc(Br)cc1C(C)=O. The summed E-state index contributed by atoms with van der Waals surface area (Å²) in [5.41, 5.74) is 1.48. The molecule has 0 spiro atoms.